The van der Waals surface area contributed by atoms with Gasteiger partial charge in [0.2, 0.25) is 0 Å². The second-order valence-corrected chi connectivity index (χ2v) is 6.48. The molecule has 0 aliphatic carbocycles. The predicted octanol–water partition coefficient (Wildman–Crippen LogP) is 2.31. The van der Waals surface area contributed by atoms with Gasteiger partial charge in [-0.1, -0.05) is 30.3 Å². The summed E-state index contributed by atoms with van der Waals surface area (Å²) in [7, 11) is -3.74. The molecule has 120 valence electrons. The van der Waals surface area contributed by atoms with Crippen LogP contribution in [-0.4, -0.2) is 19.5 Å². The maximum Gasteiger partial charge on any atom is 0.267 e. The van der Waals surface area contributed by atoms with Crippen molar-refractivity contribution in [2.24, 2.45) is 0 Å². The summed E-state index contributed by atoms with van der Waals surface area (Å²) in [4.78, 5) is 11.0. The van der Waals surface area contributed by atoms with Crippen molar-refractivity contribution in [1.29, 1.82) is 0 Å². The number of amides is 1. The van der Waals surface area contributed by atoms with E-state index in [0.717, 1.165) is 11.6 Å². The molecule has 0 aliphatic rings. The van der Waals surface area contributed by atoms with Crippen molar-refractivity contribution in [3.05, 3.63) is 65.7 Å². The average Bonchev–Trinajstić information content (AvgIpc) is 2.55. The van der Waals surface area contributed by atoms with Gasteiger partial charge in [0, 0.05) is 6.08 Å². The molecule has 0 unspecified atom stereocenters. The van der Waals surface area contributed by atoms with Crippen LogP contribution in [0.4, 0.5) is 5.69 Å². The van der Waals surface area contributed by atoms with Gasteiger partial charge < -0.3 is 0 Å². The van der Waals surface area contributed by atoms with Crippen LogP contribution >= 0.6 is 0 Å². The van der Waals surface area contributed by atoms with E-state index in [1.54, 1.807) is 24.3 Å². The van der Waals surface area contributed by atoms with Gasteiger partial charge in [-0.15, -0.1) is 0 Å². The SMILES string of the molecule is Cc1ccccc1NS(=O)(=O)c1cccc(/C=C/C(=O)NO)c1. The number of benzene rings is 2. The van der Waals surface area contributed by atoms with E-state index in [1.165, 1.54) is 23.7 Å². The number of hydroxylamine groups is 1. The molecule has 7 heteroatoms. The highest BCUT2D eigenvalue weighted by molar-refractivity contribution is 7.92. The second kappa shape index (κ2) is 7.08. The number of rotatable bonds is 5. The van der Waals surface area contributed by atoms with E-state index in [2.05, 4.69) is 4.72 Å². The van der Waals surface area contributed by atoms with Crippen molar-refractivity contribution in [3.63, 3.8) is 0 Å². The van der Waals surface area contributed by atoms with Crippen LogP contribution in [0.1, 0.15) is 11.1 Å². The summed E-state index contributed by atoms with van der Waals surface area (Å²) in [5.41, 5.74) is 3.30. The molecule has 0 fully saturated rings. The number of anilines is 1. The molecule has 0 atom stereocenters. The Bertz CT molecular complexity index is 845. The molecule has 23 heavy (non-hydrogen) atoms. The van der Waals surface area contributed by atoms with E-state index in [9.17, 15) is 13.2 Å². The van der Waals surface area contributed by atoms with Crippen LogP contribution in [0.2, 0.25) is 0 Å². The smallest absolute Gasteiger partial charge is 0.267 e. The Labute approximate surface area is 134 Å². The molecule has 0 radical (unpaired) electrons. The molecule has 0 aromatic heterocycles. The van der Waals surface area contributed by atoms with Crippen LogP contribution < -0.4 is 10.2 Å². The molecular weight excluding hydrogens is 316 g/mol. The van der Waals surface area contributed by atoms with Crippen LogP contribution in [0.5, 0.6) is 0 Å². The maximum atomic E-state index is 12.4. The van der Waals surface area contributed by atoms with Crippen molar-refractivity contribution in [2.75, 3.05) is 4.72 Å². The Morgan fingerprint density at radius 2 is 1.87 bits per heavy atom. The first-order valence-electron chi connectivity index (χ1n) is 6.73. The number of carbonyl (C=O) groups is 1. The van der Waals surface area contributed by atoms with Gasteiger partial charge in [-0.25, -0.2) is 13.9 Å². The van der Waals surface area contributed by atoms with E-state index < -0.39 is 15.9 Å². The number of hydrogen-bond donors (Lipinski definition) is 3. The van der Waals surface area contributed by atoms with Crippen LogP contribution in [0, 0.1) is 6.92 Å². The summed E-state index contributed by atoms with van der Waals surface area (Å²) >= 11 is 0. The van der Waals surface area contributed by atoms with Gasteiger partial charge in [-0.05, 0) is 42.3 Å². The fraction of sp³-hybridized carbons (Fsp3) is 0.0625. The zero-order valence-corrected chi connectivity index (χ0v) is 13.2. The molecule has 0 heterocycles. The van der Waals surface area contributed by atoms with Crippen molar-refractivity contribution in [2.45, 2.75) is 11.8 Å². The van der Waals surface area contributed by atoms with Gasteiger partial charge in [0.05, 0.1) is 10.6 Å². The molecule has 6 nitrogen and oxygen atoms in total. The van der Waals surface area contributed by atoms with Gasteiger partial charge in [0.1, 0.15) is 0 Å². The van der Waals surface area contributed by atoms with E-state index in [1.807, 2.05) is 19.1 Å². The topological polar surface area (TPSA) is 95.5 Å². The van der Waals surface area contributed by atoms with Crippen molar-refractivity contribution < 1.29 is 18.4 Å². The van der Waals surface area contributed by atoms with E-state index in [4.69, 9.17) is 5.21 Å². The normalized spacial score (nSPS) is 11.4. The lowest BCUT2D eigenvalue weighted by Gasteiger charge is -2.10. The molecule has 0 saturated heterocycles. The molecule has 1 amide bonds. The number of aryl methyl sites for hydroxylation is 1. The zero-order chi connectivity index (χ0) is 16.9. The molecule has 0 saturated carbocycles. The fourth-order valence-corrected chi connectivity index (χ4v) is 3.07. The van der Waals surface area contributed by atoms with Crippen LogP contribution in [0.25, 0.3) is 6.08 Å². The summed E-state index contributed by atoms with van der Waals surface area (Å²) in [5, 5.41) is 8.43. The lowest BCUT2D eigenvalue weighted by Crippen LogP contribution is -2.15. The van der Waals surface area contributed by atoms with Crippen molar-refractivity contribution in [3.8, 4) is 0 Å². The quantitative estimate of drug-likeness (QED) is 0.445. The lowest BCUT2D eigenvalue weighted by molar-refractivity contribution is -0.124. The molecular formula is C16H16N2O4S. The minimum absolute atomic E-state index is 0.0762. The minimum Gasteiger partial charge on any atom is -0.288 e. The Morgan fingerprint density at radius 3 is 2.57 bits per heavy atom. The van der Waals surface area contributed by atoms with E-state index in [0.29, 0.717) is 11.3 Å². The van der Waals surface area contributed by atoms with Crippen LogP contribution in [-0.2, 0) is 14.8 Å². The maximum absolute atomic E-state index is 12.4. The number of carbonyl (C=O) groups excluding carboxylic acids is 1. The summed E-state index contributed by atoms with van der Waals surface area (Å²) in [6.45, 7) is 1.81. The monoisotopic (exact) mass is 332 g/mol. The molecule has 0 spiro atoms. The van der Waals surface area contributed by atoms with Gasteiger partial charge >= 0.3 is 0 Å². The summed E-state index contributed by atoms with van der Waals surface area (Å²) in [6, 6.07) is 13.2. The van der Waals surface area contributed by atoms with Gasteiger partial charge in [0.15, 0.2) is 0 Å². The van der Waals surface area contributed by atoms with Crippen LogP contribution in [0.15, 0.2) is 59.5 Å². The van der Waals surface area contributed by atoms with Gasteiger partial charge in [0.25, 0.3) is 15.9 Å². The third-order valence-corrected chi connectivity index (χ3v) is 4.46. The van der Waals surface area contributed by atoms with Crippen molar-refractivity contribution in [1.82, 2.24) is 5.48 Å². The largest absolute Gasteiger partial charge is 0.288 e. The zero-order valence-electron chi connectivity index (χ0n) is 12.4. The first kappa shape index (κ1) is 16.7. The summed E-state index contributed by atoms with van der Waals surface area (Å²) in [5.74, 6) is -0.698. The molecule has 2 aromatic rings. The predicted molar refractivity (Wildman–Crippen MR) is 87.4 cm³/mol. The number of para-hydroxylation sites is 1. The molecule has 0 aliphatic heterocycles. The highest BCUT2D eigenvalue weighted by Gasteiger charge is 2.15. The molecule has 2 aromatic carbocycles. The number of sulfonamides is 1. The van der Waals surface area contributed by atoms with E-state index in [-0.39, 0.29) is 4.90 Å². The highest BCUT2D eigenvalue weighted by atomic mass is 32.2. The van der Waals surface area contributed by atoms with Gasteiger partial charge in [-0.2, -0.15) is 0 Å². The minimum atomic E-state index is -3.74. The standard InChI is InChI=1S/C16H16N2O4S/c1-12-5-2-3-8-15(12)18-23(21,22)14-7-4-6-13(11-14)9-10-16(19)17-20/h2-11,18,20H,1H3,(H,17,19)/b10-9+. The van der Waals surface area contributed by atoms with Crippen molar-refractivity contribution >= 4 is 27.7 Å². The average molecular weight is 332 g/mol. The lowest BCUT2D eigenvalue weighted by atomic mass is 10.2. The Kier molecular flexibility index (Phi) is 5.15. The first-order chi connectivity index (χ1) is 10.9. The molecule has 0 bridgehead atoms. The summed E-state index contributed by atoms with van der Waals surface area (Å²) < 4.78 is 27.4. The fourth-order valence-electron chi connectivity index (χ4n) is 1.89. The van der Waals surface area contributed by atoms with Crippen LogP contribution in [0.3, 0.4) is 0 Å². The first-order valence-corrected chi connectivity index (χ1v) is 8.21. The van der Waals surface area contributed by atoms with E-state index >= 15 is 0 Å². The van der Waals surface area contributed by atoms with Gasteiger partial charge in [-0.3, -0.25) is 14.7 Å². The number of nitrogens with one attached hydrogen (secondary N) is 2. The Morgan fingerprint density at radius 1 is 1.13 bits per heavy atom. The third-order valence-electron chi connectivity index (χ3n) is 3.10. The Hall–Kier alpha value is -2.64. The number of hydrogen-bond acceptors (Lipinski definition) is 4. The highest BCUT2D eigenvalue weighted by Crippen LogP contribution is 2.20. The third kappa shape index (κ3) is 4.41. The Balaban J connectivity index is 2.28. The molecule has 2 rings (SSSR count). The molecule has 3 N–H and O–H groups in total. The second-order valence-electron chi connectivity index (χ2n) is 4.80. The summed E-state index contributed by atoms with van der Waals surface area (Å²) in [6.07, 6.45) is 2.50.